The summed E-state index contributed by atoms with van der Waals surface area (Å²) < 4.78 is 42.3. The Hall–Kier alpha value is -4.19. The number of pyridine rings is 1. The van der Waals surface area contributed by atoms with Crippen LogP contribution >= 0.6 is 11.6 Å². The molecule has 43 heavy (non-hydrogen) atoms. The first kappa shape index (κ1) is 27.6. The smallest absolute Gasteiger partial charge is 0.179 e. The van der Waals surface area contributed by atoms with Crippen LogP contribution in [0.25, 0.3) is 28.1 Å². The number of aromatic amines is 1. The van der Waals surface area contributed by atoms with Gasteiger partial charge < -0.3 is 19.0 Å². The van der Waals surface area contributed by atoms with Gasteiger partial charge in [0.2, 0.25) is 0 Å². The number of imidazole rings is 1. The molecule has 2 aromatic carbocycles. The maximum atomic E-state index is 14.6. The fourth-order valence-electron chi connectivity index (χ4n) is 5.42. The first-order valence-electron chi connectivity index (χ1n) is 14.1. The highest BCUT2D eigenvalue weighted by atomic mass is 35.5. The fraction of sp³-hybridized carbons (Fsp3) is 0.290. The van der Waals surface area contributed by atoms with Crippen LogP contribution in [0.2, 0.25) is 5.02 Å². The second-order valence-electron chi connectivity index (χ2n) is 10.7. The molecular formula is C31H28ClF2N7O2. The van der Waals surface area contributed by atoms with E-state index >= 15 is 0 Å². The van der Waals surface area contributed by atoms with Crippen LogP contribution in [-0.2, 0) is 24.4 Å². The third-order valence-corrected chi connectivity index (χ3v) is 8.15. The van der Waals surface area contributed by atoms with Gasteiger partial charge in [-0.2, -0.15) is 0 Å². The van der Waals surface area contributed by atoms with E-state index in [-0.39, 0.29) is 18.5 Å². The molecular weight excluding hydrogens is 576 g/mol. The van der Waals surface area contributed by atoms with Crippen molar-refractivity contribution in [1.29, 1.82) is 0 Å². The number of rotatable bonds is 9. The molecule has 0 amide bonds. The van der Waals surface area contributed by atoms with Crippen molar-refractivity contribution < 1.29 is 18.3 Å². The molecule has 0 bridgehead atoms. The maximum absolute atomic E-state index is 14.6. The van der Waals surface area contributed by atoms with Gasteiger partial charge in [-0.25, -0.2) is 13.8 Å². The number of benzene rings is 2. The van der Waals surface area contributed by atoms with Crippen molar-refractivity contribution in [2.24, 2.45) is 0 Å². The van der Waals surface area contributed by atoms with E-state index in [2.05, 4.69) is 35.7 Å². The van der Waals surface area contributed by atoms with Crippen LogP contribution in [-0.4, -0.2) is 60.4 Å². The van der Waals surface area contributed by atoms with Crippen molar-refractivity contribution >= 4 is 28.2 Å². The molecule has 0 spiro atoms. The van der Waals surface area contributed by atoms with Crippen LogP contribution in [0.4, 0.5) is 8.78 Å². The van der Waals surface area contributed by atoms with Gasteiger partial charge in [0.1, 0.15) is 30.3 Å². The van der Waals surface area contributed by atoms with Crippen LogP contribution in [0.3, 0.4) is 0 Å². The Kier molecular flexibility index (Phi) is 7.60. The van der Waals surface area contributed by atoms with E-state index in [4.69, 9.17) is 26.1 Å². The molecule has 7 rings (SSSR count). The molecule has 0 radical (unpaired) electrons. The lowest BCUT2D eigenvalue weighted by Crippen LogP contribution is -2.33. The topological polar surface area (TPSA) is 94.0 Å². The minimum absolute atomic E-state index is 0.0837. The highest BCUT2D eigenvalue weighted by Gasteiger charge is 2.24. The van der Waals surface area contributed by atoms with Gasteiger partial charge in [0.15, 0.2) is 17.4 Å². The second-order valence-corrected chi connectivity index (χ2v) is 11.1. The minimum atomic E-state index is -0.494. The van der Waals surface area contributed by atoms with Crippen LogP contribution in [0.15, 0.2) is 61.1 Å². The van der Waals surface area contributed by atoms with Crippen molar-refractivity contribution in [1.82, 2.24) is 34.6 Å². The maximum Gasteiger partial charge on any atom is 0.179 e. The molecule has 1 fully saturated rings. The first-order chi connectivity index (χ1) is 21.0. The Morgan fingerprint density at radius 2 is 2.02 bits per heavy atom. The van der Waals surface area contributed by atoms with E-state index in [0.717, 1.165) is 60.5 Å². The number of hydrogen-bond acceptors (Lipinski definition) is 7. The lowest BCUT2D eigenvalue weighted by Gasteiger charge is -2.29. The van der Waals surface area contributed by atoms with Crippen molar-refractivity contribution in [2.75, 3.05) is 19.7 Å². The SMILES string of the molecule is Fc1cc(Cl)ccc1COc1cc(C2=CCN(Cc3nc4cc(-c5nnc[nH]5)ncc4n3C[C@@H]3CCO3)CC2)ccc1F. The number of fused-ring (bicyclic) bond motifs is 1. The molecule has 1 atom stereocenters. The van der Waals surface area contributed by atoms with Gasteiger partial charge >= 0.3 is 0 Å². The van der Waals surface area contributed by atoms with Crippen molar-refractivity contribution in [3.63, 3.8) is 0 Å². The summed E-state index contributed by atoms with van der Waals surface area (Å²) in [6.07, 6.45) is 7.50. The second kappa shape index (κ2) is 11.8. The number of hydrogen-bond donors (Lipinski definition) is 1. The Balaban J connectivity index is 1.07. The summed E-state index contributed by atoms with van der Waals surface area (Å²) in [5.74, 6) is 0.651. The molecule has 5 aromatic rings. The number of H-pyrrole nitrogens is 1. The normalized spacial score (nSPS) is 17.2. The van der Waals surface area contributed by atoms with Gasteiger partial charge in [-0.3, -0.25) is 9.88 Å². The summed E-state index contributed by atoms with van der Waals surface area (Å²) in [6, 6.07) is 11.1. The molecule has 0 saturated carbocycles. The summed E-state index contributed by atoms with van der Waals surface area (Å²) >= 11 is 5.83. The molecule has 0 aliphatic carbocycles. The van der Waals surface area contributed by atoms with Gasteiger partial charge in [0, 0.05) is 30.3 Å². The zero-order valence-corrected chi connectivity index (χ0v) is 23.9. The summed E-state index contributed by atoms with van der Waals surface area (Å²) in [7, 11) is 0. The number of nitrogens with zero attached hydrogens (tertiary/aromatic N) is 6. The van der Waals surface area contributed by atoms with Gasteiger partial charge in [-0.05, 0) is 54.3 Å². The summed E-state index contributed by atoms with van der Waals surface area (Å²) in [5, 5.41) is 8.23. The predicted octanol–water partition coefficient (Wildman–Crippen LogP) is 5.81. The summed E-state index contributed by atoms with van der Waals surface area (Å²) in [5.41, 5.74) is 4.79. The average molecular weight is 604 g/mol. The highest BCUT2D eigenvalue weighted by Crippen LogP contribution is 2.30. The number of halogens is 3. The molecule has 220 valence electrons. The molecule has 12 heteroatoms. The van der Waals surface area contributed by atoms with Crippen molar-refractivity contribution in [3.05, 3.63) is 94.7 Å². The van der Waals surface area contributed by atoms with Gasteiger partial charge in [0.05, 0.1) is 36.4 Å². The Morgan fingerprint density at radius 3 is 2.77 bits per heavy atom. The number of ether oxygens (including phenoxy) is 2. The molecule has 3 aromatic heterocycles. The van der Waals surface area contributed by atoms with Crippen molar-refractivity contribution in [3.8, 4) is 17.3 Å². The Morgan fingerprint density at radius 1 is 1.12 bits per heavy atom. The zero-order chi connectivity index (χ0) is 29.3. The molecule has 9 nitrogen and oxygen atoms in total. The number of aromatic nitrogens is 6. The molecule has 1 N–H and O–H groups in total. The van der Waals surface area contributed by atoms with E-state index in [1.807, 2.05) is 12.3 Å². The third kappa shape index (κ3) is 5.88. The molecule has 1 saturated heterocycles. The lowest BCUT2D eigenvalue weighted by molar-refractivity contribution is -0.0591. The van der Waals surface area contributed by atoms with Crippen molar-refractivity contribution in [2.45, 2.75) is 38.6 Å². The summed E-state index contributed by atoms with van der Waals surface area (Å²) in [6.45, 7) is 3.59. The number of nitrogens with one attached hydrogen (secondary N) is 1. The fourth-order valence-corrected chi connectivity index (χ4v) is 5.57. The predicted molar refractivity (Wildman–Crippen MR) is 157 cm³/mol. The Labute approximate surface area is 251 Å². The van der Waals surface area contributed by atoms with Crippen LogP contribution in [0, 0.1) is 11.6 Å². The average Bonchev–Trinajstić information content (AvgIpc) is 3.64. The largest absolute Gasteiger partial charge is 0.486 e. The lowest BCUT2D eigenvalue weighted by atomic mass is 9.99. The van der Waals surface area contributed by atoms with Crippen LogP contribution < -0.4 is 4.74 Å². The quantitative estimate of drug-likeness (QED) is 0.227. The van der Waals surface area contributed by atoms with Gasteiger partial charge in [-0.1, -0.05) is 29.8 Å². The first-order valence-corrected chi connectivity index (χ1v) is 14.5. The molecule has 0 unspecified atom stereocenters. The van der Waals surface area contributed by atoms with E-state index in [0.29, 0.717) is 35.2 Å². The highest BCUT2D eigenvalue weighted by molar-refractivity contribution is 6.30. The standard InChI is InChI=1S/C31H28ClF2N7O2/c32-22-3-1-21(25(34)12-22)17-43-29-11-20(2-4-24(29)33)19-5-8-40(9-6-19)16-30-38-26-13-27(31-36-18-37-39-31)35-14-28(26)41(30)15-23-7-10-42-23/h1-5,11-14,18,23H,6-10,15-17H2,(H,36,37,39)/t23-/m0/s1. The Bertz CT molecular complexity index is 1800. The molecule has 2 aliphatic rings. The van der Waals surface area contributed by atoms with Crippen LogP contribution in [0.1, 0.15) is 29.8 Å². The van der Waals surface area contributed by atoms with E-state index in [1.165, 1.54) is 24.5 Å². The van der Waals surface area contributed by atoms with E-state index in [9.17, 15) is 8.78 Å². The van der Waals surface area contributed by atoms with Gasteiger partial charge in [-0.15, -0.1) is 10.2 Å². The van der Waals surface area contributed by atoms with Gasteiger partial charge in [0.25, 0.3) is 0 Å². The monoisotopic (exact) mass is 603 g/mol. The third-order valence-electron chi connectivity index (χ3n) is 7.91. The summed E-state index contributed by atoms with van der Waals surface area (Å²) in [4.78, 5) is 14.9. The molecule has 2 aliphatic heterocycles. The minimum Gasteiger partial charge on any atom is -0.486 e. The van der Waals surface area contributed by atoms with E-state index < -0.39 is 11.6 Å². The molecule has 5 heterocycles. The zero-order valence-electron chi connectivity index (χ0n) is 23.1. The van der Waals surface area contributed by atoms with E-state index in [1.54, 1.807) is 18.2 Å². The van der Waals surface area contributed by atoms with Crippen LogP contribution in [0.5, 0.6) is 5.75 Å².